The van der Waals surface area contributed by atoms with Crippen LogP contribution in [0.25, 0.3) is 0 Å². The fraction of sp³-hybridized carbons (Fsp3) is 0.938. The van der Waals surface area contributed by atoms with Crippen molar-refractivity contribution < 1.29 is 9.53 Å². The Morgan fingerprint density at radius 3 is 2.24 bits per heavy atom. The molecule has 0 aliphatic carbocycles. The van der Waals surface area contributed by atoms with Crippen LogP contribution in [0.2, 0.25) is 0 Å². The van der Waals surface area contributed by atoms with E-state index in [1.165, 1.54) is 19.4 Å². The molecular weight excluding hydrogens is 266 g/mol. The van der Waals surface area contributed by atoms with Crippen LogP contribution in [0, 0.1) is 5.92 Å². The molecule has 5 heteroatoms. The Labute approximate surface area is 129 Å². The average molecular weight is 297 g/mol. The zero-order chi connectivity index (χ0) is 15.1. The van der Waals surface area contributed by atoms with Gasteiger partial charge < -0.3 is 9.64 Å². The number of hydrogen-bond donors (Lipinski definition) is 0. The first-order valence-corrected chi connectivity index (χ1v) is 8.53. The minimum absolute atomic E-state index is 0.284. The fourth-order valence-corrected chi connectivity index (χ4v) is 3.34. The minimum Gasteiger partial charge on any atom is -0.379 e. The third-order valence-electron chi connectivity index (χ3n) is 4.80. The number of rotatable bonds is 6. The molecule has 0 unspecified atom stereocenters. The molecule has 2 aliphatic heterocycles. The number of piperidine rings is 1. The zero-order valence-electron chi connectivity index (χ0n) is 13.7. The van der Waals surface area contributed by atoms with Gasteiger partial charge in [-0.1, -0.05) is 0 Å². The molecule has 0 aromatic carbocycles. The van der Waals surface area contributed by atoms with Gasteiger partial charge >= 0.3 is 0 Å². The Balaban J connectivity index is 1.66. The molecule has 2 aliphatic rings. The molecular formula is C16H31N3O2. The molecule has 122 valence electrons. The van der Waals surface area contributed by atoms with Crippen molar-refractivity contribution >= 4 is 5.91 Å². The number of ether oxygens (including phenoxy) is 1. The number of likely N-dealkylation sites (tertiary alicyclic amines) is 1. The van der Waals surface area contributed by atoms with E-state index in [4.69, 9.17) is 4.74 Å². The maximum atomic E-state index is 12.1. The summed E-state index contributed by atoms with van der Waals surface area (Å²) < 4.78 is 5.40. The average Bonchev–Trinajstić information content (AvgIpc) is 2.51. The number of likely N-dealkylation sites (N-methyl/N-ethyl adjacent to an activating group) is 1. The third-order valence-corrected chi connectivity index (χ3v) is 4.80. The summed E-state index contributed by atoms with van der Waals surface area (Å²) in [7, 11) is 0. The summed E-state index contributed by atoms with van der Waals surface area (Å²) >= 11 is 0. The Kier molecular flexibility index (Phi) is 6.93. The topological polar surface area (TPSA) is 36.0 Å². The SMILES string of the molecule is CCN(CC)C(=O)CN1CCC(CN2CCOCC2)CC1. The molecule has 0 spiro atoms. The molecule has 5 nitrogen and oxygen atoms in total. The lowest BCUT2D eigenvalue weighted by Crippen LogP contribution is -2.46. The van der Waals surface area contributed by atoms with Crippen LogP contribution in [0.15, 0.2) is 0 Å². The smallest absolute Gasteiger partial charge is 0.236 e. The number of nitrogens with zero attached hydrogens (tertiary/aromatic N) is 3. The number of carbonyl (C=O) groups excluding carboxylic acids is 1. The molecule has 1 amide bonds. The van der Waals surface area contributed by atoms with E-state index in [2.05, 4.69) is 23.6 Å². The Bertz CT molecular complexity index is 307. The predicted octanol–water partition coefficient (Wildman–Crippen LogP) is 0.899. The van der Waals surface area contributed by atoms with Crippen molar-refractivity contribution in [3.05, 3.63) is 0 Å². The van der Waals surface area contributed by atoms with Crippen LogP contribution in [0.1, 0.15) is 26.7 Å². The molecule has 0 bridgehead atoms. The summed E-state index contributed by atoms with van der Waals surface area (Å²) in [6.07, 6.45) is 2.45. The molecule has 0 atom stereocenters. The van der Waals surface area contributed by atoms with Crippen molar-refractivity contribution in [2.24, 2.45) is 5.92 Å². The summed E-state index contributed by atoms with van der Waals surface area (Å²) in [4.78, 5) is 18.9. The Hall–Kier alpha value is -0.650. The third kappa shape index (κ3) is 5.24. The molecule has 2 heterocycles. The van der Waals surface area contributed by atoms with Crippen molar-refractivity contribution in [3.63, 3.8) is 0 Å². The van der Waals surface area contributed by atoms with Gasteiger partial charge in [-0.3, -0.25) is 14.6 Å². The molecule has 0 N–H and O–H groups in total. The zero-order valence-corrected chi connectivity index (χ0v) is 13.7. The van der Waals surface area contributed by atoms with Gasteiger partial charge in [-0.15, -0.1) is 0 Å². The van der Waals surface area contributed by atoms with E-state index in [1.54, 1.807) is 0 Å². The molecule has 0 saturated carbocycles. The van der Waals surface area contributed by atoms with Crippen molar-refractivity contribution in [1.29, 1.82) is 0 Å². The van der Waals surface area contributed by atoms with E-state index >= 15 is 0 Å². The molecule has 2 rings (SSSR count). The highest BCUT2D eigenvalue weighted by atomic mass is 16.5. The Morgan fingerprint density at radius 2 is 1.67 bits per heavy atom. The molecule has 21 heavy (non-hydrogen) atoms. The van der Waals surface area contributed by atoms with Crippen LogP contribution in [0.3, 0.4) is 0 Å². The first-order chi connectivity index (χ1) is 10.2. The van der Waals surface area contributed by atoms with Crippen LogP contribution in [-0.4, -0.2) is 86.2 Å². The lowest BCUT2D eigenvalue weighted by atomic mass is 9.96. The van der Waals surface area contributed by atoms with Gasteiger partial charge in [0.1, 0.15) is 0 Å². The first kappa shape index (κ1) is 16.7. The van der Waals surface area contributed by atoms with Crippen LogP contribution in [0.4, 0.5) is 0 Å². The molecule has 2 fully saturated rings. The molecule has 0 radical (unpaired) electrons. The van der Waals surface area contributed by atoms with Crippen molar-refractivity contribution in [1.82, 2.24) is 14.7 Å². The van der Waals surface area contributed by atoms with E-state index in [0.717, 1.165) is 58.4 Å². The second-order valence-electron chi connectivity index (χ2n) is 6.20. The lowest BCUT2D eigenvalue weighted by molar-refractivity contribution is -0.132. The highest BCUT2D eigenvalue weighted by Crippen LogP contribution is 2.19. The van der Waals surface area contributed by atoms with Crippen LogP contribution in [-0.2, 0) is 9.53 Å². The summed E-state index contributed by atoms with van der Waals surface area (Å²) in [5.41, 5.74) is 0. The highest BCUT2D eigenvalue weighted by Gasteiger charge is 2.24. The summed E-state index contributed by atoms with van der Waals surface area (Å²) in [5, 5.41) is 0. The molecule has 0 aromatic heterocycles. The number of hydrogen-bond acceptors (Lipinski definition) is 4. The van der Waals surface area contributed by atoms with E-state index < -0.39 is 0 Å². The minimum atomic E-state index is 0.284. The first-order valence-electron chi connectivity index (χ1n) is 8.53. The fourth-order valence-electron chi connectivity index (χ4n) is 3.34. The molecule has 0 aromatic rings. The quantitative estimate of drug-likeness (QED) is 0.730. The summed E-state index contributed by atoms with van der Waals surface area (Å²) in [6.45, 7) is 13.6. The predicted molar refractivity (Wildman–Crippen MR) is 84.4 cm³/mol. The van der Waals surface area contributed by atoms with Gasteiger partial charge in [-0.05, 0) is 45.7 Å². The number of morpholine rings is 1. The number of amides is 1. The Morgan fingerprint density at radius 1 is 1.05 bits per heavy atom. The van der Waals surface area contributed by atoms with Gasteiger partial charge in [0.25, 0.3) is 0 Å². The van der Waals surface area contributed by atoms with Gasteiger partial charge in [0, 0.05) is 32.7 Å². The van der Waals surface area contributed by atoms with Crippen LogP contribution >= 0.6 is 0 Å². The second-order valence-corrected chi connectivity index (χ2v) is 6.20. The summed E-state index contributed by atoms with van der Waals surface area (Å²) in [6, 6.07) is 0. The molecule has 2 saturated heterocycles. The second kappa shape index (κ2) is 8.71. The normalized spacial score (nSPS) is 22.4. The largest absolute Gasteiger partial charge is 0.379 e. The van der Waals surface area contributed by atoms with Gasteiger partial charge in [-0.25, -0.2) is 0 Å². The van der Waals surface area contributed by atoms with Crippen LogP contribution in [0.5, 0.6) is 0 Å². The van der Waals surface area contributed by atoms with Gasteiger partial charge in [0.15, 0.2) is 0 Å². The standard InChI is InChI=1S/C16H31N3O2/c1-3-19(4-2)16(20)14-17-7-5-15(6-8-17)13-18-9-11-21-12-10-18/h15H,3-14H2,1-2H3. The van der Waals surface area contributed by atoms with E-state index in [-0.39, 0.29) is 5.91 Å². The van der Waals surface area contributed by atoms with Gasteiger partial charge in [0.05, 0.1) is 19.8 Å². The number of carbonyl (C=O) groups is 1. The van der Waals surface area contributed by atoms with Crippen molar-refractivity contribution in [2.75, 3.05) is 65.6 Å². The van der Waals surface area contributed by atoms with E-state index in [0.29, 0.717) is 6.54 Å². The van der Waals surface area contributed by atoms with E-state index in [1.807, 2.05) is 4.90 Å². The highest BCUT2D eigenvalue weighted by molar-refractivity contribution is 5.78. The van der Waals surface area contributed by atoms with Crippen LogP contribution < -0.4 is 0 Å². The van der Waals surface area contributed by atoms with Crippen molar-refractivity contribution in [3.8, 4) is 0 Å². The monoisotopic (exact) mass is 297 g/mol. The summed E-state index contributed by atoms with van der Waals surface area (Å²) in [5.74, 6) is 1.08. The van der Waals surface area contributed by atoms with Gasteiger partial charge in [0.2, 0.25) is 5.91 Å². The maximum absolute atomic E-state index is 12.1. The maximum Gasteiger partial charge on any atom is 0.236 e. The van der Waals surface area contributed by atoms with E-state index in [9.17, 15) is 4.79 Å². The van der Waals surface area contributed by atoms with Crippen molar-refractivity contribution in [2.45, 2.75) is 26.7 Å². The lowest BCUT2D eigenvalue weighted by Gasteiger charge is -2.36. The van der Waals surface area contributed by atoms with Gasteiger partial charge in [-0.2, -0.15) is 0 Å².